The molecule has 0 radical (unpaired) electrons. The molecule has 0 bridgehead atoms. The van der Waals surface area contributed by atoms with Crippen LogP contribution >= 0.6 is 0 Å². The second-order valence-electron chi connectivity index (χ2n) is 1.91. The smallest absolute Gasteiger partial charge is 0.213 e. The van der Waals surface area contributed by atoms with E-state index >= 15 is 0 Å². The van der Waals surface area contributed by atoms with Crippen molar-refractivity contribution in [3.05, 3.63) is 35.9 Å². The molecule has 0 fully saturated rings. The van der Waals surface area contributed by atoms with Crippen LogP contribution in [0.3, 0.4) is 0 Å². The van der Waals surface area contributed by atoms with Crippen LogP contribution < -0.4 is 0 Å². The molecule has 1 rings (SSSR count). The van der Waals surface area contributed by atoms with Gasteiger partial charge in [0.25, 0.3) is 0 Å². The molecule has 0 aromatic carbocycles. The monoisotopic (exact) mass is 151 g/mol. The number of allylic oxidation sites excluding steroid dienone is 1. The second kappa shape index (κ2) is 3.61. The largest absolute Gasteiger partial charge is 0.299 e. The van der Waals surface area contributed by atoms with Crippen LogP contribution in [0.4, 0.5) is 4.39 Å². The Labute approximate surface area is 63.4 Å². The molecule has 0 atom stereocenters. The maximum atomic E-state index is 12.4. The lowest BCUT2D eigenvalue weighted by molar-refractivity contribution is -0.104. The van der Waals surface area contributed by atoms with Gasteiger partial charge in [-0.05, 0) is 17.7 Å². The first kappa shape index (κ1) is 7.60. The van der Waals surface area contributed by atoms with E-state index < -0.39 is 5.95 Å². The van der Waals surface area contributed by atoms with E-state index in [0.717, 1.165) is 0 Å². The van der Waals surface area contributed by atoms with E-state index in [1.807, 2.05) is 0 Å². The molecule has 0 unspecified atom stereocenters. The fraction of sp³-hybridized carbons (Fsp3) is 0. The molecule has 1 aromatic heterocycles. The highest BCUT2D eigenvalue weighted by Gasteiger charge is 1.89. The van der Waals surface area contributed by atoms with E-state index in [-0.39, 0.29) is 0 Å². The second-order valence-corrected chi connectivity index (χ2v) is 1.91. The van der Waals surface area contributed by atoms with Crippen LogP contribution in [0.5, 0.6) is 0 Å². The number of carbonyl (C=O) groups excluding carboxylic acids is 1. The predicted molar refractivity (Wildman–Crippen MR) is 39.3 cm³/mol. The molecule has 0 saturated carbocycles. The van der Waals surface area contributed by atoms with E-state index in [4.69, 9.17) is 0 Å². The van der Waals surface area contributed by atoms with Crippen LogP contribution in [-0.4, -0.2) is 11.3 Å². The Kier molecular flexibility index (Phi) is 2.49. The van der Waals surface area contributed by atoms with Crippen LogP contribution in [0.25, 0.3) is 6.08 Å². The average molecular weight is 151 g/mol. The minimum atomic E-state index is -0.543. The number of rotatable bonds is 2. The third kappa shape index (κ3) is 2.29. The van der Waals surface area contributed by atoms with Crippen LogP contribution in [0.2, 0.25) is 0 Å². The first-order valence-electron chi connectivity index (χ1n) is 3.06. The minimum absolute atomic E-state index is 0.543. The van der Waals surface area contributed by atoms with Gasteiger partial charge >= 0.3 is 0 Å². The molecule has 0 amide bonds. The van der Waals surface area contributed by atoms with Gasteiger partial charge in [-0.2, -0.15) is 4.39 Å². The minimum Gasteiger partial charge on any atom is -0.299 e. The Morgan fingerprint density at radius 2 is 2.36 bits per heavy atom. The van der Waals surface area contributed by atoms with Crippen molar-refractivity contribution in [3.63, 3.8) is 0 Å². The van der Waals surface area contributed by atoms with Crippen LogP contribution in [0, 0.1) is 5.95 Å². The van der Waals surface area contributed by atoms with Gasteiger partial charge in [0.2, 0.25) is 5.95 Å². The fourth-order valence-electron chi connectivity index (χ4n) is 0.672. The molecule has 0 aliphatic heterocycles. The summed E-state index contributed by atoms with van der Waals surface area (Å²) in [4.78, 5) is 13.2. The molecule has 2 nitrogen and oxygen atoms in total. The molecule has 1 aromatic rings. The Morgan fingerprint density at radius 1 is 1.55 bits per heavy atom. The summed E-state index contributed by atoms with van der Waals surface area (Å²) in [5, 5.41) is 0. The SMILES string of the molecule is O=CC=Cc1ccnc(F)c1. The highest BCUT2D eigenvalue weighted by atomic mass is 19.1. The van der Waals surface area contributed by atoms with Crippen molar-refractivity contribution in [2.24, 2.45) is 0 Å². The Bertz CT molecular complexity index is 283. The molecule has 11 heavy (non-hydrogen) atoms. The van der Waals surface area contributed by atoms with Crippen molar-refractivity contribution in [1.29, 1.82) is 0 Å². The van der Waals surface area contributed by atoms with Crippen molar-refractivity contribution in [2.45, 2.75) is 0 Å². The van der Waals surface area contributed by atoms with Crippen molar-refractivity contribution < 1.29 is 9.18 Å². The number of aldehydes is 1. The van der Waals surface area contributed by atoms with Gasteiger partial charge < -0.3 is 0 Å². The molecular formula is C8H6FNO. The van der Waals surface area contributed by atoms with Crippen LogP contribution in [-0.2, 0) is 4.79 Å². The zero-order valence-electron chi connectivity index (χ0n) is 5.70. The number of carbonyl (C=O) groups is 1. The first-order chi connectivity index (χ1) is 5.33. The first-order valence-corrected chi connectivity index (χ1v) is 3.06. The van der Waals surface area contributed by atoms with E-state index in [9.17, 15) is 9.18 Å². The molecule has 3 heteroatoms. The summed E-state index contributed by atoms with van der Waals surface area (Å²) in [6.45, 7) is 0. The van der Waals surface area contributed by atoms with E-state index in [1.54, 1.807) is 6.07 Å². The molecule has 0 aliphatic carbocycles. The lowest BCUT2D eigenvalue weighted by Crippen LogP contribution is -1.81. The Hall–Kier alpha value is -1.51. The van der Waals surface area contributed by atoms with Crippen molar-refractivity contribution in [2.75, 3.05) is 0 Å². The molecule has 0 aliphatic rings. The summed E-state index contributed by atoms with van der Waals surface area (Å²) >= 11 is 0. The lowest BCUT2D eigenvalue weighted by Gasteiger charge is -1.89. The molecule has 56 valence electrons. The topological polar surface area (TPSA) is 30.0 Å². The number of halogens is 1. The predicted octanol–water partition coefficient (Wildman–Crippen LogP) is 1.43. The molecular weight excluding hydrogens is 145 g/mol. The average Bonchev–Trinajstić information content (AvgIpc) is 2.01. The van der Waals surface area contributed by atoms with E-state index in [2.05, 4.69) is 4.98 Å². The molecule has 0 spiro atoms. The normalized spacial score (nSPS) is 10.3. The van der Waals surface area contributed by atoms with E-state index in [1.165, 1.54) is 24.4 Å². The highest BCUT2D eigenvalue weighted by molar-refractivity contribution is 5.73. The zero-order valence-corrected chi connectivity index (χ0v) is 5.70. The summed E-state index contributed by atoms with van der Waals surface area (Å²) in [6.07, 6.45) is 4.80. The van der Waals surface area contributed by atoms with Gasteiger partial charge in [0.05, 0.1) is 0 Å². The van der Waals surface area contributed by atoms with Gasteiger partial charge in [-0.1, -0.05) is 6.08 Å². The van der Waals surface area contributed by atoms with Gasteiger partial charge in [0.15, 0.2) is 0 Å². The van der Waals surface area contributed by atoms with Crippen LogP contribution in [0.1, 0.15) is 5.56 Å². The van der Waals surface area contributed by atoms with E-state index in [0.29, 0.717) is 11.8 Å². The highest BCUT2D eigenvalue weighted by Crippen LogP contribution is 2.01. The fourth-order valence-corrected chi connectivity index (χ4v) is 0.672. The molecule has 1 heterocycles. The lowest BCUT2D eigenvalue weighted by atomic mass is 10.2. The summed E-state index contributed by atoms with van der Waals surface area (Å²) in [6, 6.07) is 2.86. The standard InChI is InChI=1S/C8H6FNO/c9-8-6-7(2-1-5-11)3-4-10-8/h1-6H. The van der Waals surface area contributed by atoms with Gasteiger partial charge in [-0.15, -0.1) is 0 Å². The summed E-state index contributed by atoms with van der Waals surface area (Å²) in [5.41, 5.74) is 0.629. The zero-order chi connectivity index (χ0) is 8.10. The maximum absolute atomic E-state index is 12.4. The summed E-state index contributed by atoms with van der Waals surface area (Å²) in [7, 11) is 0. The maximum Gasteiger partial charge on any atom is 0.213 e. The Balaban J connectivity index is 2.87. The van der Waals surface area contributed by atoms with Gasteiger partial charge in [0.1, 0.15) is 6.29 Å². The van der Waals surface area contributed by atoms with Crippen molar-refractivity contribution in [3.8, 4) is 0 Å². The number of nitrogens with zero attached hydrogens (tertiary/aromatic N) is 1. The van der Waals surface area contributed by atoms with Crippen molar-refractivity contribution >= 4 is 12.4 Å². The van der Waals surface area contributed by atoms with Crippen molar-refractivity contribution in [1.82, 2.24) is 4.98 Å². The third-order valence-corrected chi connectivity index (χ3v) is 1.12. The van der Waals surface area contributed by atoms with Gasteiger partial charge in [-0.3, -0.25) is 4.79 Å². The third-order valence-electron chi connectivity index (χ3n) is 1.12. The summed E-state index contributed by atoms with van der Waals surface area (Å²) in [5.74, 6) is -0.543. The quantitative estimate of drug-likeness (QED) is 0.363. The molecule has 0 saturated heterocycles. The number of hydrogen-bond donors (Lipinski definition) is 0. The number of pyridine rings is 1. The number of hydrogen-bond acceptors (Lipinski definition) is 2. The number of aromatic nitrogens is 1. The van der Waals surface area contributed by atoms with Crippen LogP contribution in [0.15, 0.2) is 24.4 Å². The Morgan fingerprint density at radius 3 is 3.00 bits per heavy atom. The molecule has 0 N–H and O–H groups in total. The summed E-state index contributed by atoms with van der Waals surface area (Å²) < 4.78 is 12.4. The van der Waals surface area contributed by atoms with Gasteiger partial charge in [0, 0.05) is 12.3 Å². The van der Waals surface area contributed by atoms with Gasteiger partial charge in [-0.25, -0.2) is 4.98 Å².